The molecule has 1 unspecified atom stereocenters. The molecule has 1 aromatic heterocycles. The second-order valence-electron chi connectivity index (χ2n) is 5.89. The van der Waals surface area contributed by atoms with E-state index in [2.05, 4.69) is 27.5 Å². The van der Waals surface area contributed by atoms with E-state index in [1.54, 1.807) is 0 Å². The van der Waals surface area contributed by atoms with Crippen LogP contribution in [-0.4, -0.2) is 28.6 Å². The molecule has 1 saturated heterocycles. The van der Waals surface area contributed by atoms with Crippen molar-refractivity contribution in [2.45, 2.75) is 39.2 Å². The van der Waals surface area contributed by atoms with Crippen LogP contribution in [0.5, 0.6) is 0 Å². The van der Waals surface area contributed by atoms with Gasteiger partial charge in [-0.1, -0.05) is 13.0 Å². The first-order chi connectivity index (χ1) is 11.7. The number of benzene rings is 1. The van der Waals surface area contributed by atoms with E-state index in [9.17, 15) is 4.79 Å². The highest BCUT2D eigenvalue weighted by Crippen LogP contribution is 2.25. The van der Waals surface area contributed by atoms with Gasteiger partial charge in [-0.05, 0) is 43.9 Å². The number of amides is 1. The van der Waals surface area contributed by atoms with Crippen molar-refractivity contribution in [3.05, 3.63) is 41.9 Å². The van der Waals surface area contributed by atoms with Crippen LogP contribution < -0.4 is 10.6 Å². The Morgan fingerprint density at radius 2 is 2.21 bits per heavy atom. The lowest BCUT2D eigenvalue weighted by Crippen LogP contribution is -2.27. The molecule has 1 amide bonds. The highest BCUT2D eigenvalue weighted by atomic mass is 16.5. The van der Waals surface area contributed by atoms with Crippen molar-refractivity contribution in [3.63, 3.8) is 0 Å². The monoisotopic (exact) mass is 326 g/mol. The van der Waals surface area contributed by atoms with E-state index in [0.717, 1.165) is 47.7 Å². The molecule has 24 heavy (non-hydrogen) atoms. The van der Waals surface area contributed by atoms with Crippen LogP contribution in [0, 0.1) is 6.92 Å². The normalized spacial score (nSPS) is 16.8. The third-order valence-corrected chi connectivity index (χ3v) is 4.05. The molecule has 1 aliphatic rings. The van der Waals surface area contributed by atoms with Crippen LogP contribution in [0.25, 0.3) is 0 Å². The number of nitrogens with zero attached hydrogens (tertiary/aromatic N) is 2. The maximum atomic E-state index is 12.3. The zero-order valence-electron chi connectivity index (χ0n) is 14.0. The largest absolute Gasteiger partial charge is 0.368 e. The second-order valence-corrected chi connectivity index (χ2v) is 5.89. The number of hydrogen-bond donors (Lipinski definition) is 2. The maximum absolute atomic E-state index is 12.3. The lowest BCUT2D eigenvalue weighted by atomic mass is 10.1. The van der Waals surface area contributed by atoms with E-state index in [4.69, 9.17) is 4.74 Å². The molecule has 2 N–H and O–H groups in total. The molecule has 2 aromatic rings. The second kappa shape index (κ2) is 7.40. The summed E-state index contributed by atoms with van der Waals surface area (Å²) in [6.07, 6.45) is 3.75. The van der Waals surface area contributed by atoms with E-state index >= 15 is 0 Å². The molecule has 0 radical (unpaired) electrons. The van der Waals surface area contributed by atoms with Gasteiger partial charge in [0.2, 0.25) is 0 Å². The number of rotatable bonds is 5. The first-order valence-corrected chi connectivity index (χ1v) is 8.27. The highest BCUT2D eigenvalue weighted by molar-refractivity contribution is 5.95. The van der Waals surface area contributed by atoms with Crippen LogP contribution in [0.4, 0.5) is 17.2 Å². The number of ether oxygens (including phenoxy) is 1. The summed E-state index contributed by atoms with van der Waals surface area (Å²) in [6.45, 7) is 4.64. The van der Waals surface area contributed by atoms with Crippen molar-refractivity contribution in [3.8, 4) is 0 Å². The molecule has 1 aromatic carbocycles. The van der Waals surface area contributed by atoms with Gasteiger partial charge in [0.15, 0.2) is 0 Å². The molecule has 0 saturated carbocycles. The molecule has 126 valence electrons. The lowest BCUT2D eigenvalue weighted by molar-refractivity contribution is -0.124. The number of carbonyl (C=O) groups is 1. The molecule has 0 bridgehead atoms. The van der Waals surface area contributed by atoms with Crippen molar-refractivity contribution >= 4 is 23.1 Å². The Kier molecular flexibility index (Phi) is 5.05. The van der Waals surface area contributed by atoms with E-state index in [-0.39, 0.29) is 12.0 Å². The fourth-order valence-corrected chi connectivity index (χ4v) is 2.75. The average molecular weight is 326 g/mol. The Bertz CT molecular complexity index is 727. The third kappa shape index (κ3) is 3.89. The van der Waals surface area contributed by atoms with Gasteiger partial charge in [-0.3, -0.25) is 4.79 Å². The summed E-state index contributed by atoms with van der Waals surface area (Å²) in [5.41, 5.74) is 3.66. The zero-order valence-corrected chi connectivity index (χ0v) is 14.0. The predicted octanol–water partition coefficient (Wildman–Crippen LogP) is 3.21. The minimum atomic E-state index is -0.337. The molecule has 0 spiro atoms. The molecule has 6 heteroatoms. The smallest absolute Gasteiger partial charge is 0.253 e. The van der Waals surface area contributed by atoms with E-state index in [1.165, 1.54) is 6.33 Å². The molecule has 0 aliphatic carbocycles. The SMILES string of the molecule is CCc1ccc(Nc2cc(C)ncn2)cc1NC(=O)C1CCCO1. The molecule has 1 aliphatic heterocycles. The minimum Gasteiger partial charge on any atom is -0.368 e. The average Bonchev–Trinajstić information content (AvgIpc) is 3.10. The van der Waals surface area contributed by atoms with Gasteiger partial charge in [0.25, 0.3) is 5.91 Å². The lowest BCUT2D eigenvalue weighted by Gasteiger charge is -2.15. The van der Waals surface area contributed by atoms with Crippen LogP contribution in [0.1, 0.15) is 31.0 Å². The van der Waals surface area contributed by atoms with Crippen molar-refractivity contribution in [2.24, 2.45) is 0 Å². The molecule has 1 fully saturated rings. The van der Waals surface area contributed by atoms with Gasteiger partial charge in [0.1, 0.15) is 18.2 Å². The number of nitrogens with one attached hydrogen (secondary N) is 2. The first-order valence-electron chi connectivity index (χ1n) is 8.27. The maximum Gasteiger partial charge on any atom is 0.253 e. The van der Waals surface area contributed by atoms with Crippen LogP contribution in [-0.2, 0) is 16.0 Å². The molecular formula is C18H22N4O2. The summed E-state index contributed by atoms with van der Waals surface area (Å²) in [5.74, 6) is 0.653. The first kappa shape index (κ1) is 16.4. The van der Waals surface area contributed by atoms with Gasteiger partial charge in [0, 0.05) is 29.7 Å². The summed E-state index contributed by atoms with van der Waals surface area (Å²) in [6, 6.07) is 7.81. The van der Waals surface area contributed by atoms with E-state index < -0.39 is 0 Å². The van der Waals surface area contributed by atoms with Crippen LogP contribution in [0.3, 0.4) is 0 Å². The molecular weight excluding hydrogens is 304 g/mol. The summed E-state index contributed by atoms with van der Waals surface area (Å²) in [4.78, 5) is 20.6. The molecule has 1 atom stereocenters. The standard InChI is InChI=1S/C18H22N4O2/c1-3-13-6-7-14(21-17-9-12(2)19-11-20-17)10-15(13)22-18(23)16-5-4-8-24-16/h6-7,9-11,16H,3-5,8H2,1-2H3,(H,22,23)(H,19,20,21). The van der Waals surface area contributed by atoms with Gasteiger partial charge in [0.05, 0.1) is 0 Å². The fourth-order valence-electron chi connectivity index (χ4n) is 2.75. The molecule has 6 nitrogen and oxygen atoms in total. The number of anilines is 3. The summed E-state index contributed by atoms with van der Waals surface area (Å²) in [7, 11) is 0. The Morgan fingerprint density at radius 3 is 2.92 bits per heavy atom. The topological polar surface area (TPSA) is 76.1 Å². The number of aromatic nitrogens is 2. The molecule has 2 heterocycles. The van der Waals surface area contributed by atoms with Gasteiger partial charge in [-0.2, -0.15) is 0 Å². The third-order valence-electron chi connectivity index (χ3n) is 4.05. The Morgan fingerprint density at radius 1 is 1.33 bits per heavy atom. The van der Waals surface area contributed by atoms with Gasteiger partial charge < -0.3 is 15.4 Å². The van der Waals surface area contributed by atoms with Crippen molar-refractivity contribution in [1.82, 2.24) is 9.97 Å². The van der Waals surface area contributed by atoms with Crippen molar-refractivity contribution < 1.29 is 9.53 Å². The van der Waals surface area contributed by atoms with Crippen LogP contribution in [0.2, 0.25) is 0 Å². The van der Waals surface area contributed by atoms with Gasteiger partial charge >= 0.3 is 0 Å². The van der Waals surface area contributed by atoms with Gasteiger partial charge in [-0.15, -0.1) is 0 Å². The summed E-state index contributed by atoms with van der Waals surface area (Å²) >= 11 is 0. The van der Waals surface area contributed by atoms with E-state index in [0.29, 0.717) is 6.61 Å². The van der Waals surface area contributed by atoms with Gasteiger partial charge in [-0.25, -0.2) is 9.97 Å². The fraction of sp³-hybridized carbons (Fsp3) is 0.389. The minimum absolute atomic E-state index is 0.0720. The van der Waals surface area contributed by atoms with Crippen LogP contribution >= 0.6 is 0 Å². The van der Waals surface area contributed by atoms with E-state index in [1.807, 2.05) is 31.2 Å². The molecule has 3 rings (SSSR count). The number of carbonyl (C=O) groups excluding carboxylic acids is 1. The Hall–Kier alpha value is -2.47. The highest BCUT2D eigenvalue weighted by Gasteiger charge is 2.24. The Labute approximate surface area is 141 Å². The zero-order chi connectivity index (χ0) is 16.9. The number of hydrogen-bond acceptors (Lipinski definition) is 5. The van der Waals surface area contributed by atoms with Crippen LogP contribution in [0.15, 0.2) is 30.6 Å². The predicted molar refractivity (Wildman–Crippen MR) is 93.5 cm³/mol. The quantitative estimate of drug-likeness (QED) is 0.882. The number of aryl methyl sites for hydroxylation is 2. The van der Waals surface area contributed by atoms with Crippen molar-refractivity contribution in [1.29, 1.82) is 0 Å². The Balaban J connectivity index is 1.78. The van der Waals surface area contributed by atoms with Crippen molar-refractivity contribution in [2.75, 3.05) is 17.2 Å². The summed E-state index contributed by atoms with van der Waals surface area (Å²) < 4.78 is 5.45. The summed E-state index contributed by atoms with van der Waals surface area (Å²) in [5, 5.41) is 6.25.